The van der Waals surface area contributed by atoms with Gasteiger partial charge in [0.2, 0.25) is 5.91 Å². The van der Waals surface area contributed by atoms with Crippen LogP contribution in [0.25, 0.3) is 0 Å². The largest absolute Gasteiger partial charge is 0.494 e. The Kier molecular flexibility index (Phi) is 5.71. The molecule has 0 bridgehead atoms. The van der Waals surface area contributed by atoms with Crippen molar-refractivity contribution in [2.45, 2.75) is 45.1 Å². The highest BCUT2D eigenvalue weighted by atomic mass is 16.6. The Morgan fingerprint density at radius 2 is 2.17 bits per heavy atom. The Hall–Kier alpha value is -3.17. The zero-order chi connectivity index (χ0) is 21.2. The van der Waals surface area contributed by atoms with E-state index in [0.29, 0.717) is 18.8 Å². The first-order valence-electron chi connectivity index (χ1n) is 9.63. The van der Waals surface area contributed by atoms with Crippen molar-refractivity contribution in [3.63, 3.8) is 0 Å². The third-order valence-electron chi connectivity index (χ3n) is 5.55. The van der Waals surface area contributed by atoms with Gasteiger partial charge in [-0.25, -0.2) is 4.79 Å². The number of amides is 4. The van der Waals surface area contributed by atoms with Crippen LogP contribution in [0.4, 0.5) is 16.2 Å². The number of imide groups is 1. The van der Waals surface area contributed by atoms with E-state index >= 15 is 0 Å². The van der Waals surface area contributed by atoms with Crippen molar-refractivity contribution < 1.29 is 24.0 Å². The van der Waals surface area contributed by atoms with Crippen LogP contribution < -0.4 is 15.4 Å². The Bertz CT molecular complexity index is 857. The molecule has 1 saturated heterocycles. The number of benzene rings is 1. The van der Waals surface area contributed by atoms with Crippen LogP contribution in [-0.4, -0.2) is 46.4 Å². The third-order valence-corrected chi connectivity index (χ3v) is 5.55. The molecule has 2 atom stereocenters. The second-order valence-electron chi connectivity index (χ2n) is 7.36. The van der Waals surface area contributed by atoms with Crippen LogP contribution in [0.2, 0.25) is 0 Å². The van der Waals surface area contributed by atoms with Gasteiger partial charge in [-0.1, -0.05) is 19.8 Å². The summed E-state index contributed by atoms with van der Waals surface area (Å²) in [5.74, 6) is -0.820. The normalized spacial score (nSPS) is 23.8. The lowest BCUT2D eigenvalue weighted by molar-refractivity contribution is -0.384. The van der Waals surface area contributed by atoms with Crippen molar-refractivity contribution in [2.24, 2.45) is 5.92 Å². The molecular weight excluding hydrogens is 380 g/mol. The van der Waals surface area contributed by atoms with Gasteiger partial charge in [-0.15, -0.1) is 0 Å². The molecule has 1 spiro atoms. The van der Waals surface area contributed by atoms with Gasteiger partial charge in [0.25, 0.3) is 11.6 Å². The van der Waals surface area contributed by atoms with Crippen molar-refractivity contribution in [3.05, 3.63) is 28.3 Å². The SMILES string of the molecule is CCOc1ccc(NC(=O)CN2C(=O)N[C@]3(CCCC[C@@H]3C)C2=O)c([N+](=O)[O-])c1. The Balaban J connectivity index is 1.73. The number of ether oxygens (including phenoxy) is 1. The Morgan fingerprint density at radius 1 is 1.41 bits per heavy atom. The topological polar surface area (TPSA) is 131 Å². The summed E-state index contributed by atoms with van der Waals surface area (Å²) in [6.45, 7) is 3.50. The first-order chi connectivity index (χ1) is 13.8. The van der Waals surface area contributed by atoms with Gasteiger partial charge < -0.3 is 15.4 Å². The molecule has 2 N–H and O–H groups in total. The Labute approximate surface area is 167 Å². The number of nitro groups is 1. The van der Waals surface area contributed by atoms with Crippen molar-refractivity contribution >= 4 is 29.2 Å². The van der Waals surface area contributed by atoms with E-state index in [9.17, 15) is 24.5 Å². The molecule has 10 nitrogen and oxygen atoms in total. The van der Waals surface area contributed by atoms with Crippen LogP contribution in [-0.2, 0) is 9.59 Å². The van der Waals surface area contributed by atoms with E-state index in [4.69, 9.17) is 4.74 Å². The molecule has 0 radical (unpaired) electrons. The molecule has 1 aromatic carbocycles. The highest BCUT2D eigenvalue weighted by Crippen LogP contribution is 2.38. The molecular formula is C19H24N4O6. The van der Waals surface area contributed by atoms with E-state index in [1.165, 1.54) is 18.2 Å². The van der Waals surface area contributed by atoms with Crippen LogP contribution in [0.3, 0.4) is 0 Å². The van der Waals surface area contributed by atoms with Crippen LogP contribution in [0.15, 0.2) is 18.2 Å². The fraction of sp³-hybridized carbons (Fsp3) is 0.526. The van der Waals surface area contributed by atoms with Crippen LogP contribution in [0, 0.1) is 16.0 Å². The van der Waals surface area contributed by atoms with E-state index in [1.54, 1.807) is 6.92 Å². The lowest BCUT2D eigenvalue weighted by atomic mass is 9.73. The molecule has 0 aromatic heterocycles. The number of carbonyl (C=O) groups is 3. The molecule has 1 aromatic rings. The zero-order valence-corrected chi connectivity index (χ0v) is 16.4. The number of nitrogens with zero attached hydrogens (tertiary/aromatic N) is 2. The van der Waals surface area contributed by atoms with E-state index in [0.717, 1.165) is 24.2 Å². The lowest BCUT2D eigenvalue weighted by Crippen LogP contribution is -2.54. The van der Waals surface area contributed by atoms with Crippen molar-refractivity contribution in [2.75, 3.05) is 18.5 Å². The van der Waals surface area contributed by atoms with Gasteiger partial charge in [-0.05, 0) is 37.8 Å². The Morgan fingerprint density at radius 3 is 2.83 bits per heavy atom. The van der Waals surface area contributed by atoms with Gasteiger partial charge in [-0.2, -0.15) is 0 Å². The first-order valence-corrected chi connectivity index (χ1v) is 9.63. The van der Waals surface area contributed by atoms with E-state index in [-0.39, 0.29) is 17.3 Å². The maximum absolute atomic E-state index is 12.9. The molecule has 1 saturated carbocycles. The smallest absolute Gasteiger partial charge is 0.325 e. The van der Waals surface area contributed by atoms with Crippen molar-refractivity contribution in [1.29, 1.82) is 0 Å². The first kappa shape index (κ1) is 20.6. The highest BCUT2D eigenvalue weighted by Gasteiger charge is 2.55. The number of nitro benzene ring substituents is 1. The molecule has 29 heavy (non-hydrogen) atoms. The molecule has 1 aliphatic carbocycles. The number of anilines is 1. The van der Waals surface area contributed by atoms with E-state index in [1.807, 2.05) is 6.92 Å². The molecule has 156 valence electrons. The van der Waals surface area contributed by atoms with Crippen LogP contribution >= 0.6 is 0 Å². The fourth-order valence-corrected chi connectivity index (χ4v) is 4.00. The van der Waals surface area contributed by atoms with Crippen molar-refractivity contribution in [3.8, 4) is 5.75 Å². The minimum atomic E-state index is -0.958. The van der Waals surface area contributed by atoms with Gasteiger partial charge in [0.05, 0.1) is 17.6 Å². The van der Waals surface area contributed by atoms with Gasteiger partial charge in [0.1, 0.15) is 23.5 Å². The van der Waals surface area contributed by atoms with Gasteiger partial charge in [-0.3, -0.25) is 24.6 Å². The molecule has 10 heteroatoms. The van der Waals surface area contributed by atoms with Crippen LogP contribution in [0.5, 0.6) is 5.75 Å². The predicted molar refractivity (Wildman–Crippen MR) is 104 cm³/mol. The maximum Gasteiger partial charge on any atom is 0.325 e. The zero-order valence-electron chi connectivity index (χ0n) is 16.4. The fourth-order valence-electron chi connectivity index (χ4n) is 4.00. The number of carbonyl (C=O) groups excluding carboxylic acids is 3. The summed E-state index contributed by atoms with van der Waals surface area (Å²) in [7, 11) is 0. The van der Waals surface area contributed by atoms with Crippen LogP contribution in [0.1, 0.15) is 39.5 Å². The second-order valence-corrected chi connectivity index (χ2v) is 7.36. The number of rotatable bonds is 6. The maximum atomic E-state index is 12.9. The number of hydrogen-bond acceptors (Lipinski definition) is 6. The standard InChI is InChI=1S/C19H24N4O6/c1-3-29-13-7-8-14(15(10-13)23(27)28)20-16(24)11-22-17(25)19(21-18(22)26)9-5-4-6-12(19)2/h7-8,10,12H,3-6,9,11H2,1-2H3,(H,20,24)(H,21,26)/t12-,19-/m0/s1. The summed E-state index contributed by atoms with van der Waals surface area (Å²) < 4.78 is 5.24. The van der Waals surface area contributed by atoms with E-state index in [2.05, 4.69) is 10.6 Å². The number of nitrogens with one attached hydrogen (secondary N) is 2. The molecule has 0 unspecified atom stereocenters. The summed E-state index contributed by atoms with van der Waals surface area (Å²) >= 11 is 0. The second kappa shape index (κ2) is 8.06. The summed E-state index contributed by atoms with van der Waals surface area (Å²) in [4.78, 5) is 49.3. The van der Waals surface area contributed by atoms with Gasteiger partial charge in [0, 0.05) is 0 Å². The van der Waals surface area contributed by atoms with E-state index < -0.39 is 34.9 Å². The average molecular weight is 404 g/mol. The summed E-state index contributed by atoms with van der Waals surface area (Å²) in [6.07, 6.45) is 3.19. The minimum Gasteiger partial charge on any atom is -0.494 e. The molecule has 2 aliphatic rings. The molecule has 2 fully saturated rings. The molecule has 1 aliphatic heterocycles. The minimum absolute atomic E-state index is 0.0204. The molecule has 3 rings (SSSR count). The molecule has 1 heterocycles. The summed E-state index contributed by atoms with van der Waals surface area (Å²) in [6, 6.07) is 3.46. The van der Waals surface area contributed by atoms with Crippen molar-refractivity contribution in [1.82, 2.24) is 10.2 Å². The monoisotopic (exact) mass is 404 g/mol. The van der Waals surface area contributed by atoms with Gasteiger partial charge >= 0.3 is 6.03 Å². The predicted octanol–water partition coefficient (Wildman–Crippen LogP) is 2.43. The van der Waals surface area contributed by atoms with Gasteiger partial charge in [0.15, 0.2) is 0 Å². The number of hydrogen-bond donors (Lipinski definition) is 2. The lowest BCUT2D eigenvalue weighted by Gasteiger charge is -2.36. The summed E-state index contributed by atoms with van der Waals surface area (Å²) in [5.41, 5.74) is -1.32. The molecule has 4 amide bonds. The summed E-state index contributed by atoms with van der Waals surface area (Å²) in [5, 5.41) is 16.5. The highest BCUT2D eigenvalue weighted by molar-refractivity contribution is 6.10. The quantitative estimate of drug-likeness (QED) is 0.425. The average Bonchev–Trinajstić information content (AvgIpc) is 2.90. The third kappa shape index (κ3) is 3.87. The number of urea groups is 1.